The fraction of sp³-hybridized carbons (Fsp3) is 1.00. The van der Waals surface area contributed by atoms with E-state index in [1.807, 2.05) is 0 Å². The van der Waals surface area contributed by atoms with E-state index in [2.05, 4.69) is 23.9 Å². The summed E-state index contributed by atoms with van der Waals surface area (Å²) in [7, 11) is 4.29. The van der Waals surface area contributed by atoms with Crippen molar-refractivity contribution in [2.24, 2.45) is 11.7 Å². The smallest absolute Gasteiger partial charge is 0.0583 e. The molecule has 1 rings (SSSR count). The average molecular weight is 229 g/mol. The predicted molar refractivity (Wildman–Crippen MR) is 67.4 cm³/mol. The van der Waals surface area contributed by atoms with Crippen molar-refractivity contribution in [3.8, 4) is 0 Å². The standard InChI is InChI=1S/C12H27N3O/c1-14(2)9-11-3-6-15(7-4-11)8-5-12(13)10-16/h11-12,16H,3-10,13H2,1-2H3. The molecule has 1 fully saturated rings. The summed E-state index contributed by atoms with van der Waals surface area (Å²) in [6.07, 6.45) is 3.51. The Kier molecular flexibility index (Phi) is 6.28. The molecule has 0 bridgehead atoms. The second-order valence-corrected chi connectivity index (χ2v) is 5.28. The minimum absolute atomic E-state index is 0.0421. The molecular weight excluding hydrogens is 202 g/mol. The molecule has 0 radical (unpaired) electrons. The van der Waals surface area contributed by atoms with Crippen LogP contribution in [0.5, 0.6) is 0 Å². The minimum atomic E-state index is -0.0421. The summed E-state index contributed by atoms with van der Waals surface area (Å²) in [4.78, 5) is 4.75. The van der Waals surface area contributed by atoms with Gasteiger partial charge in [-0.05, 0) is 58.9 Å². The lowest BCUT2D eigenvalue weighted by Gasteiger charge is -2.33. The van der Waals surface area contributed by atoms with Gasteiger partial charge in [-0.3, -0.25) is 0 Å². The molecule has 3 N–H and O–H groups in total. The van der Waals surface area contributed by atoms with Crippen molar-refractivity contribution in [3.63, 3.8) is 0 Å². The molecule has 4 nitrogen and oxygen atoms in total. The maximum atomic E-state index is 8.86. The van der Waals surface area contributed by atoms with E-state index in [1.54, 1.807) is 0 Å². The average Bonchev–Trinajstić information content (AvgIpc) is 2.27. The van der Waals surface area contributed by atoms with Crippen molar-refractivity contribution >= 4 is 0 Å². The van der Waals surface area contributed by atoms with E-state index in [4.69, 9.17) is 10.8 Å². The highest BCUT2D eigenvalue weighted by atomic mass is 16.3. The summed E-state index contributed by atoms with van der Waals surface area (Å²) < 4.78 is 0. The first-order chi connectivity index (χ1) is 7.61. The van der Waals surface area contributed by atoms with Gasteiger partial charge < -0.3 is 20.6 Å². The van der Waals surface area contributed by atoms with Crippen LogP contribution in [0.2, 0.25) is 0 Å². The number of hydrogen-bond donors (Lipinski definition) is 2. The lowest BCUT2D eigenvalue weighted by Crippen LogP contribution is -2.39. The summed E-state index contributed by atoms with van der Waals surface area (Å²) in [5.74, 6) is 0.859. The van der Waals surface area contributed by atoms with Crippen LogP contribution in [0.25, 0.3) is 0 Å². The largest absolute Gasteiger partial charge is 0.395 e. The highest BCUT2D eigenvalue weighted by Gasteiger charge is 2.19. The Hall–Kier alpha value is -0.160. The van der Waals surface area contributed by atoms with Gasteiger partial charge in [-0.2, -0.15) is 0 Å². The fourth-order valence-electron chi connectivity index (χ4n) is 2.35. The number of likely N-dealkylation sites (tertiary alicyclic amines) is 1. The van der Waals surface area contributed by atoms with Gasteiger partial charge in [0, 0.05) is 12.6 Å². The Balaban J connectivity index is 2.12. The molecule has 96 valence electrons. The summed E-state index contributed by atoms with van der Waals surface area (Å²) in [6, 6.07) is -0.0421. The second kappa shape index (κ2) is 7.22. The molecule has 0 aromatic heterocycles. The van der Waals surface area contributed by atoms with Gasteiger partial charge in [-0.25, -0.2) is 0 Å². The minimum Gasteiger partial charge on any atom is -0.395 e. The first kappa shape index (κ1) is 13.9. The van der Waals surface area contributed by atoms with Crippen molar-refractivity contribution < 1.29 is 5.11 Å². The lowest BCUT2D eigenvalue weighted by atomic mass is 9.96. The van der Waals surface area contributed by atoms with E-state index >= 15 is 0 Å². The van der Waals surface area contributed by atoms with Crippen LogP contribution in [-0.2, 0) is 0 Å². The molecule has 0 amide bonds. The summed E-state index contributed by atoms with van der Waals surface area (Å²) in [6.45, 7) is 4.74. The van der Waals surface area contributed by atoms with Crippen molar-refractivity contribution in [3.05, 3.63) is 0 Å². The van der Waals surface area contributed by atoms with Gasteiger partial charge in [0.15, 0.2) is 0 Å². The van der Waals surface area contributed by atoms with Gasteiger partial charge in [-0.15, -0.1) is 0 Å². The molecular formula is C12H27N3O. The van der Waals surface area contributed by atoms with Crippen molar-refractivity contribution in [2.75, 3.05) is 46.9 Å². The Morgan fingerprint density at radius 2 is 2.00 bits per heavy atom. The van der Waals surface area contributed by atoms with Crippen molar-refractivity contribution in [1.82, 2.24) is 9.80 Å². The molecule has 0 aromatic rings. The van der Waals surface area contributed by atoms with E-state index < -0.39 is 0 Å². The summed E-state index contributed by atoms with van der Waals surface area (Å²) >= 11 is 0. The number of rotatable bonds is 6. The number of piperidine rings is 1. The fourth-order valence-corrected chi connectivity index (χ4v) is 2.35. The van der Waals surface area contributed by atoms with Crippen molar-refractivity contribution in [2.45, 2.75) is 25.3 Å². The van der Waals surface area contributed by atoms with Gasteiger partial charge in [-0.1, -0.05) is 0 Å². The molecule has 0 spiro atoms. The monoisotopic (exact) mass is 229 g/mol. The Bertz CT molecular complexity index is 179. The first-order valence-corrected chi connectivity index (χ1v) is 6.35. The third kappa shape index (κ3) is 5.25. The predicted octanol–water partition coefficient (Wildman–Crippen LogP) is -0.0303. The Labute approximate surface area is 99.4 Å². The molecule has 16 heavy (non-hydrogen) atoms. The molecule has 1 atom stereocenters. The lowest BCUT2D eigenvalue weighted by molar-refractivity contribution is 0.153. The first-order valence-electron chi connectivity index (χ1n) is 6.35. The summed E-state index contributed by atoms with van der Waals surface area (Å²) in [5, 5.41) is 8.86. The number of hydrogen-bond acceptors (Lipinski definition) is 4. The van der Waals surface area contributed by atoms with Crippen molar-refractivity contribution in [1.29, 1.82) is 0 Å². The van der Waals surface area contributed by atoms with Gasteiger partial charge in [0.05, 0.1) is 6.61 Å². The number of aliphatic hydroxyl groups excluding tert-OH is 1. The molecule has 1 saturated heterocycles. The third-order valence-corrected chi connectivity index (χ3v) is 3.38. The van der Waals surface area contributed by atoms with Gasteiger partial charge in [0.25, 0.3) is 0 Å². The molecule has 1 heterocycles. The molecule has 4 heteroatoms. The molecule has 0 aromatic carbocycles. The van der Waals surface area contributed by atoms with Crippen LogP contribution in [0, 0.1) is 5.92 Å². The molecule has 1 unspecified atom stereocenters. The number of nitrogens with two attached hydrogens (primary N) is 1. The highest BCUT2D eigenvalue weighted by molar-refractivity contribution is 4.74. The van der Waals surface area contributed by atoms with Crippen LogP contribution in [-0.4, -0.2) is 67.8 Å². The third-order valence-electron chi connectivity index (χ3n) is 3.38. The molecule has 0 aliphatic carbocycles. The zero-order valence-electron chi connectivity index (χ0n) is 10.7. The van der Waals surface area contributed by atoms with Gasteiger partial charge >= 0.3 is 0 Å². The van der Waals surface area contributed by atoms with Crippen LogP contribution in [0.3, 0.4) is 0 Å². The van der Waals surface area contributed by atoms with Crippen LogP contribution in [0.4, 0.5) is 0 Å². The maximum absolute atomic E-state index is 8.86. The van der Waals surface area contributed by atoms with Crippen LogP contribution in [0.1, 0.15) is 19.3 Å². The normalized spacial score (nSPS) is 21.6. The number of aliphatic hydroxyl groups is 1. The quantitative estimate of drug-likeness (QED) is 0.671. The SMILES string of the molecule is CN(C)CC1CCN(CCC(N)CO)CC1. The molecule has 0 saturated carbocycles. The van der Waals surface area contributed by atoms with E-state index in [-0.39, 0.29) is 12.6 Å². The zero-order valence-corrected chi connectivity index (χ0v) is 10.7. The van der Waals surface area contributed by atoms with E-state index in [0.717, 1.165) is 18.9 Å². The summed E-state index contributed by atoms with van der Waals surface area (Å²) in [5.41, 5.74) is 5.70. The van der Waals surface area contributed by atoms with Crippen LogP contribution < -0.4 is 5.73 Å². The zero-order chi connectivity index (χ0) is 12.0. The Morgan fingerprint density at radius 1 is 1.38 bits per heavy atom. The van der Waals surface area contributed by atoms with Crippen LogP contribution >= 0.6 is 0 Å². The molecule has 1 aliphatic rings. The van der Waals surface area contributed by atoms with Gasteiger partial charge in [0.1, 0.15) is 0 Å². The topological polar surface area (TPSA) is 52.7 Å². The molecule has 1 aliphatic heterocycles. The van der Waals surface area contributed by atoms with Crippen LogP contribution in [0.15, 0.2) is 0 Å². The van der Waals surface area contributed by atoms with E-state index in [9.17, 15) is 0 Å². The Morgan fingerprint density at radius 3 is 2.50 bits per heavy atom. The van der Waals surface area contributed by atoms with E-state index in [1.165, 1.54) is 32.5 Å². The van der Waals surface area contributed by atoms with E-state index in [0.29, 0.717) is 0 Å². The maximum Gasteiger partial charge on any atom is 0.0583 e. The second-order valence-electron chi connectivity index (χ2n) is 5.28. The highest BCUT2D eigenvalue weighted by Crippen LogP contribution is 2.17. The van der Waals surface area contributed by atoms with Gasteiger partial charge in [0.2, 0.25) is 0 Å². The number of nitrogens with zero attached hydrogens (tertiary/aromatic N) is 2.